The second-order valence-electron chi connectivity index (χ2n) is 8.96. The van der Waals surface area contributed by atoms with Gasteiger partial charge in [-0.25, -0.2) is 9.67 Å². The third-order valence-corrected chi connectivity index (χ3v) is 6.98. The normalized spacial score (nSPS) is 10.8. The Labute approximate surface area is 241 Å². The van der Waals surface area contributed by atoms with E-state index in [-0.39, 0.29) is 16.4 Å². The molecule has 40 heavy (non-hydrogen) atoms. The summed E-state index contributed by atoms with van der Waals surface area (Å²) >= 11 is 13.6. The molecule has 0 saturated heterocycles. The predicted octanol–water partition coefficient (Wildman–Crippen LogP) is 5.15. The molecule has 4 aromatic rings. The Morgan fingerprint density at radius 1 is 0.975 bits per heavy atom. The van der Waals surface area contributed by atoms with Gasteiger partial charge in [0.25, 0.3) is 11.5 Å². The summed E-state index contributed by atoms with van der Waals surface area (Å²) in [4.78, 5) is 41.0. The molecule has 0 aliphatic heterocycles. The second kappa shape index (κ2) is 12.9. The first-order valence-corrected chi connectivity index (χ1v) is 13.1. The molecule has 0 fully saturated rings. The first-order chi connectivity index (χ1) is 19.2. The number of nitrogens with one attached hydrogen (secondary N) is 2. The first kappa shape index (κ1) is 28.9. The number of carbonyl (C=O) groups is 2. The van der Waals surface area contributed by atoms with Crippen LogP contribution in [-0.2, 0) is 18.4 Å². The lowest BCUT2D eigenvalue weighted by Gasteiger charge is -2.15. The van der Waals surface area contributed by atoms with Gasteiger partial charge < -0.3 is 15.4 Å². The van der Waals surface area contributed by atoms with Crippen molar-refractivity contribution in [1.82, 2.24) is 20.1 Å². The third kappa shape index (κ3) is 6.39. The number of benzene rings is 2. The first-order valence-electron chi connectivity index (χ1n) is 12.4. The zero-order valence-electron chi connectivity index (χ0n) is 22.1. The van der Waals surface area contributed by atoms with Crippen LogP contribution in [0.3, 0.4) is 0 Å². The maximum absolute atomic E-state index is 12.8. The molecule has 4 rings (SSSR count). The van der Waals surface area contributed by atoms with Gasteiger partial charge in [0.15, 0.2) is 0 Å². The number of Topliss-reactive ketones (excluding diaryl/α,β-unsaturated/α-hetero) is 1. The standard InChI is InChI=1S/C29H27Cl2N5O4/c1-17(37)12-14-32-16-18-10-11-23(35-28(18)40-3)21-8-4-6-19(25(21)30)20-7-5-9-24(26(20)31)34-27(38)22-13-15-33-36(2)29(22)39/h4-11,13,15,32H,12,14,16H2,1-3H3,(H,34,38). The molecule has 2 heterocycles. The van der Waals surface area contributed by atoms with E-state index in [0.29, 0.717) is 58.5 Å². The van der Waals surface area contributed by atoms with Crippen molar-refractivity contribution >= 4 is 40.6 Å². The molecular formula is C29H27Cl2N5O4. The Morgan fingerprint density at radius 3 is 2.40 bits per heavy atom. The van der Waals surface area contributed by atoms with Gasteiger partial charge in [-0.2, -0.15) is 5.10 Å². The number of pyridine rings is 1. The summed E-state index contributed by atoms with van der Waals surface area (Å²) in [6, 6.07) is 15.8. The molecule has 0 aliphatic rings. The fourth-order valence-electron chi connectivity index (χ4n) is 4.06. The van der Waals surface area contributed by atoms with Crippen molar-refractivity contribution in [3.8, 4) is 28.3 Å². The molecule has 1 amide bonds. The van der Waals surface area contributed by atoms with Crippen molar-refractivity contribution in [2.24, 2.45) is 7.05 Å². The molecule has 0 bridgehead atoms. The summed E-state index contributed by atoms with van der Waals surface area (Å²) in [6.07, 6.45) is 1.83. The molecule has 0 spiro atoms. The number of hydrogen-bond acceptors (Lipinski definition) is 7. The highest BCUT2D eigenvalue weighted by Gasteiger charge is 2.19. The zero-order valence-corrected chi connectivity index (χ0v) is 23.6. The molecule has 0 saturated carbocycles. The van der Waals surface area contributed by atoms with Crippen LogP contribution in [0, 0.1) is 0 Å². The van der Waals surface area contributed by atoms with E-state index in [1.165, 1.54) is 19.3 Å². The summed E-state index contributed by atoms with van der Waals surface area (Å²) in [7, 11) is 3.01. The van der Waals surface area contributed by atoms with Crippen molar-refractivity contribution in [1.29, 1.82) is 0 Å². The molecule has 0 radical (unpaired) electrons. The average Bonchev–Trinajstić information content (AvgIpc) is 2.94. The number of anilines is 1. The number of methoxy groups -OCH3 is 1. The van der Waals surface area contributed by atoms with Gasteiger partial charge in [0.2, 0.25) is 5.88 Å². The van der Waals surface area contributed by atoms with Gasteiger partial charge in [0.05, 0.1) is 28.5 Å². The van der Waals surface area contributed by atoms with Crippen LogP contribution in [0.4, 0.5) is 5.69 Å². The Morgan fingerprint density at radius 2 is 1.68 bits per heavy atom. The Bertz CT molecular complexity index is 1640. The summed E-state index contributed by atoms with van der Waals surface area (Å²) in [5, 5.41) is 10.4. The lowest BCUT2D eigenvalue weighted by molar-refractivity contribution is -0.116. The largest absolute Gasteiger partial charge is 0.481 e. The second-order valence-corrected chi connectivity index (χ2v) is 9.71. The van der Waals surface area contributed by atoms with Gasteiger partial charge in [0, 0.05) is 55.0 Å². The SMILES string of the molecule is COc1nc(-c2cccc(-c3cccc(NC(=O)c4ccnn(C)c4=O)c3Cl)c2Cl)ccc1CNCCC(C)=O. The lowest BCUT2D eigenvalue weighted by Crippen LogP contribution is -2.28. The Balaban J connectivity index is 1.63. The number of ketones is 1. The van der Waals surface area contributed by atoms with Crippen molar-refractivity contribution < 1.29 is 14.3 Å². The number of nitrogens with zero attached hydrogens (tertiary/aromatic N) is 3. The molecule has 0 unspecified atom stereocenters. The van der Waals surface area contributed by atoms with Crippen LogP contribution in [0.2, 0.25) is 10.0 Å². The third-order valence-electron chi connectivity index (χ3n) is 6.16. The van der Waals surface area contributed by atoms with Gasteiger partial charge in [0.1, 0.15) is 11.3 Å². The molecule has 206 valence electrons. The summed E-state index contributed by atoms with van der Waals surface area (Å²) in [6.45, 7) is 2.62. The van der Waals surface area contributed by atoms with Crippen LogP contribution in [-0.4, -0.2) is 40.1 Å². The molecule has 11 heteroatoms. The van der Waals surface area contributed by atoms with Gasteiger partial charge in [-0.15, -0.1) is 0 Å². The van der Waals surface area contributed by atoms with E-state index in [2.05, 4.69) is 20.7 Å². The van der Waals surface area contributed by atoms with E-state index in [4.69, 9.17) is 27.9 Å². The van der Waals surface area contributed by atoms with Crippen LogP contribution in [0.15, 0.2) is 65.6 Å². The summed E-state index contributed by atoms with van der Waals surface area (Å²) in [5.41, 5.74) is 3.08. The van der Waals surface area contributed by atoms with Gasteiger partial charge >= 0.3 is 0 Å². The highest BCUT2D eigenvalue weighted by molar-refractivity contribution is 6.39. The van der Waals surface area contributed by atoms with Crippen molar-refractivity contribution in [2.75, 3.05) is 19.0 Å². The van der Waals surface area contributed by atoms with E-state index in [1.807, 2.05) is 30.3 Å². The molecule has 0 aliphatic carbocycles. The number of hydrogen-bond donors (Lipinski definition) is 2. The molecule has 9 nitrogen and oxygen atoms in total. The molecule has 2 aromatic heterocycles. The van der Waals surface area contributed by atoms with E-state index in [0.717, 1.165) is 10.2 Å². The van der Waals surface area contributed by atoms with Gasteiger partial charge in [-0.3, -0.25) is 14.4 Å². The summed E-state index contributed by atoms with van der Waals surface area (Å²) < 4.78 is 6.60. The smallest absolute Gasteiger partial charge is 0.279 e. The van der Waals surface area contributed by atoms with Gasteiger partial charge in [-0.1, -0.05) is 59.6 Å². The molecule has 2 aromatic carbocycles. The van der Waals surface area contributed by atoms with E-state index in [9.17, 15) is 14.4 Å². The number of aryl methyl sites for hydroxylation is 1. The maximum atomic E-state index is 12.8. The topological polar surface area (TPSA) is 115 Å². The number of amides is 1. The highest BCUT2D eigenvalue weighted by atomic mass is 35.5. The number of halogens is 2. The van der Waals surface area contributed by atoms with E-state index < -0.39 is 11.5 Å². The van der Waals surface area contributed by atoms with Crippen molar-refractivity contribution in [3.05, 3.63) is 92.3 Å². The van der Waals surface area contributed by atoms with Crippen LogP contribution >= 0.6 is 23.2 Å². The molecule has 2 N–H and O–H groups in total. The van der Waals surface area contributed by atoms with Crippen molar-refractivity contribution in [2.45, 2.75) is 19.9 Å². The number of aromatic nitrogens is 3. The fourth-order valence-corrected chi connectivity index (χ4v) is 4.66. The molecular weight excluding hydrogens is 553 g/mol. The van der Waals surface area contributed by atoms with Crippen LogP contribution < -0.4 is 20.9 Å². The van der Waals surface area contributed by atoms with Crippen molar-refractivity contribution in [3.63, 3.8) is 0 Å². The minimum atomic E-state index is -0.603. The summed E-state index contributed by atoms with van der Waals surface area (Å²) in [5.74, 6) is -0.0386. The monoisotopic (exact) mass is 579 g/mol. The zero-order chi connectivity index (χ0) is 28.8. The quantitative estimate of drug-likeness (QED) is 0.250. The average molecular weight is 580 g/mol. The fraction of sp³-hybridized carbons (Fsp3) is 0.207. The van der Waals surface area contributed by atoms with Crippen LogP contribution in [0.5, 0.6) is 5.88 Å². The van der Waals surface area contributed by atoms with Crippen LogP contribution in [0.1, 0.15) is 29.3 Å². The van der Waals surface area contributed by atoms with Crippen LogP contribution in [0.25, 0.3) is 22.4 Å². The number of rotatable bonds is 10. The van der Waals surface area contributed by atoms with E-state index >= 15 is 0 Å². The van der Waals surface area contributed by atoms with Gasteiger partial charge in [-0.05, 0) is 25.1 Å². The minimum Gasteiger partial charge on any atom is -0.481 e. The minimum absolute atomic E-state index is 0.0588. The Kier molecular flexibility index (Phi) is 9.31. The molecule has 0 atom stereocenters. The maximum Gasteiger partial charge on any atom is 0.279 e. The lowest BCUT2D eigenvalue weighted by atomic mass is 10.00. The number of carbonyl (C=O) groups excluding carboxylic acids is 2. The van der Waals surface area contributed by atoms with E-state index in [1.54, 1.807) is 32.2 Å². The Hall–Kier alpha value is -4.05. The number of ether oxygens (including phenoxy) is 1. The highest BCUT2D eigenvalue weighted by Crippen LogP contribution is 2.41. The predicted molar refractivity (Wildman–Crippen MR) is 156 cm³/mol.